The molecule has 150 valence electrons. The molecular weight excluding hydrogens is 371 g/mol. The van der Waals surface area contributed by atoms with Crippen molar-refractivity contribution in [1.29, 1.82) is 0 Å². The Labute approximate surface area is 167 Å². The molecule has 0 fully saturated rings. The van der Waals surface area contributed by atoms with Crippen LogP contribution in [0.15, 0.2) is 30.3 Å². The lowest BCUT2D eigenvalue weighted by atomic mass is 10.1. The molecule has 1 N–H and O–H groups in total. The Balaban J connectivity index is 1.88. The fourth-order valence-electron chi connectivity index (χ4n) is 3.38. The minimum Gasteiger partial charge on any atom is -0.396 e. The summed E-state index contributed by atoms with van der Waals surface area (Å²) in [5.74, 6) is 1.80. The molecule has 4 aromatic rings. The van der Waals surface area contributed by atoms with Gasteiger partial charge in [-0.15, -0.1) is 0 Å². The number of halogens is 1. The van der Waals surface area contributed by atoms with Gasteiger partial charge in [0.05, 0.1) is 12.1 Å². The van der Waals surface area contributed by atoms with E-state index in [-0.39, 0.29) is 19.0 Å². The maximum Gasteiger partial charge on any atom is 0.161 e. The minimum absolute atomic E-state index is 0.0647. The van der Waals surface area contributed by atoms with Crippen molar-refractivity contribution < 1.29 is 9.50 Å². The normalized spacial score (nSPS) is 11.5. The van der Waals surface area contributed by atoms with E-state index in [2.05, 4.69) is 15.1 Å². The van der Waals surface area contributed by atoms with Gasteiger partial charge in [-0.25, -0.2) is 24.0 Å². The molecule has 8 heteroatoms. The smallest absolute Gasteiger partial charge is 0.161 e. The first kappa shape index (κ1) is 19.2. The molecule has 29 heavy (non-hydrogen) atoms. The highest BCUT2D eigenvalue weighted by Crippen LogP contribution is 2.28. The number of aromatic nitrogens is 6. The topological polar surface area (TPSA) is 81.7 Å². The van der Waals surface area contributed by atoms with Crippen molar-refractivity contribution >= 4 is 11.2 Å². The SMILES string of the molecule is Cc1cc(-c2nc(CCCO)nn2Cc2ccccc2F)c2nc(C)n(C)c2n1. The van der Waals surface area contributed by atoms with Crippen molar-refractivity contribution in [2.45, 2.75) is 33.2 Å². The predicted molar refractivity (Wildman–Crippen MR) is 108 cm³/mol. The van der Waals surface area contributed by atoms with Crippen molar-refractivity contribution in [3.63, 3.8) is 0 Å². The van der Waals surface area contributed by atoms with Crippen molar-refractivity contribution in [3.05, 3.63) is 59.1 Å². The highest BCUT2D eigenvalue weighted by molar-refractivity contribution is 5.88. The first-order valence-corrected chi connectivity index (χ1v) is 9.57. The molecule has 0 spiro atoms. The van der Waals surface area contributed by atoms with E-state index < -0.39 is 0 Å². The van der Waals surface area contributed by atoms with Crippen LogP contribution in [0, 0.1) is 19.7 Å². The van der Waals surface area contributed by atoms with Gasteiger partial charge in [-0.3, -0.25) is 0 Å². The number of nitrogens with zero attached hydrogens (tertiary/aromatic N) is 6. The number of aliphatic hydroxyl groups excluding tert-OH is 1. The molecule has 0 saturated heterocycles. The third-order valence-electron chi connectivity index (χ3n) is 4.97. The van der Waals surface area contributed by atoms with E-state index in [1.807, 2.05) is 31.5 Å². The van der Waals surface area contributed by atoms with Crippen molar-refractivity contribution in [1.82, 2.24) is 29.3 Å². The number of aryl methyl sites for hydroxylation is 4. The Morgan fingerprint density at radius 3 is 2.66 bits per heavy atom. The van der Waals surface area contributed by atoms with Crippen LogP contribution >= 0.6 is 0 Å². The predicted octanol–water partition coefficient (Wildman–Crippen LogP) is 2.96. The summed E-state index contributed by atoms with van der Waals surface area (Å²) in [5.41, 5.74) is 3.70. The molecule has 1 aromatic carbocycles. The van der Waals surface area contributed by atoms with Crippen LogP contribution < -0.4 is 0 Å². The average molecular weight is 394 g/mol. The Kier molecular flexibility index (Phi) is 5.10. The number of hydrogen-bond donors (Lipinski definition) is 1. The lowest BCUT2D eigenvalue weighted by Crippen LogP contribution is -2.07. The van der Waals surface area contributed by atoms with Crippen molar-refractivity contribution in [3.8, 4) is 11.4 Å². The van der Waals surface area contributed by atoms with E-state index in [0.717, 1.165) is 28.2 Å². The molecule has 0 bridgehead atoms. The Morgan fingerprint density at radius 2 is 1.90 bits per heavy atom. The second-order valence-electron chi connectivity index (χ2n) is 7.13. The summed E-state index contributed by atoms with van der Waals surface area (Å²) in [6, 6.07) is 8.59. The van der Waals surface area contributed by atoms with Crippen LogP contribution in [0.1, 0.15) is 29.3 Å². The Morgan fingerprint density at radius 1 is 1.10 bits per heavy atom. The fourth-order valence-corrected chi connectivity index (χ4v) is 3.38. The van der Waals surface area contributed by atoms with E-state index in [9.17, 15) is 9.50 Å². The van der Waals surface area contributed by atoms with Gasteiger partial charge in [0.1, 0.15) is 17.2 Å². The number of fused-ring (bicyclic) bond motifs is 1. The highest BCUT2D eigenvalue weighted by Gasteiger charge is 2.20. The second-order valence-corrected chi connectivity index (χ2v) is 7.13. The summed E-state index contributed by atoms with van der Waals surface area (Å²) in [6.07, 6.45) is 1.11. The summed E-state index contributed by atoms with van der Waals surface area (Å²) >= 11 is 0. The molecule has 0 aliphatic rings. The van der Waals surface area contributed by atoms with Gasteiger partial charge in [0, 0.05) is 31.3 Å². The van der Waals surface area contributed by atoms with Crippen LogP contribution in [0.4, 0.5) is 4.39 Å². The summed E-state index contributed by atoms with van der Waals surface area (Å²) in [5, 5.41) is 13.8. The van der Waals surface area contributed by atoms with Gasteiger partial charge in [-0.05, 0) is 32.4 Å². The fraction of sp³-hybridized carbons (Fsp3) is 0.333. The average Bonchev–Trinajstić information content (AvgIpc) is 3.23. The van der Waals surface area contributed by atoms with Crippen LogP contribution in [0.25, 0.3) is 22.6 Å². The molecule has 3 heterocycles. The minimum atomic E-state index is -0.282. The zero-order valence-electron chi connectivity index (χ0n) is 16.7. The van der Waals surface area contributed by atoms with Gasteiger partial charge in [0.2, 0.25) is 0 Å². The van der Waals surface area contributed by atoms with Crippen LogP contribution in [-0.2, 0) is 20.0 Å². The van der Waals surface area contributed by atoms with Crippen LogP contribution in [-0.4, -0.2) is 41.0 Å². The summed E-state index contributed by atoms with van der Waals surface area (Å²) < 4.78 is 17.9. The molecule has 3 aromatic heterocycles. The third kappa shape index (κ3) is 3.63. The van der Waals surface area contributed by atoms with Gasteiger partial charge in [0.15, 0.2) is 17.3 Å². The maximum absolute atomic E-state index is 14.3. The summed E-state index contributed by atoms with van der Waals surface area (Å²) in [6.45, 7) is 4.17. The van der Waals surface area contributed by atoms with E-state index >= 15 is 0 Å². The number of imidazole rings is 1. The summed E-state index contributed by atoms with van der Waals surface area (Å²) in [4.78, 5) is 14.0. The van der Waals surface area contributed by atoms with Crippen molar-refractivity contribution in [2.24, 2.45) is 7.05 Å². The van der Waals surface area contributed by atoms with Gasteiger partial charge in [-0.2, -0.15) is 5.10 Å². The van der Waals surface area contributed by atoms with Gasteiger partial charge < -0.3 is 9.67 Å². The molecule has 0 aliphatic heterocycles. The number of rotatable bonds is 6. The van der Waals surface area contributed by atoms with Crippen molar-refractivity contribution in [2.75, 3.05) is 6.61 Å². The number of aliphatic hydroxyl groups is 1. The Hall–Kier alpha value is -3.13. The second kappa shape index (κ2) is 7.71. The maximum atomic E-state index is 14.3. The van der Waals surface area contributed by atoms with Crippen LogP contribution in [0.5, 0.6) is 0 Å². The van der Waals surface area contributed by atoms with Crippen LogP contribution in [0.2, 0.25) is 0 Å². The standard InChI is InChI=1S/C21H23FN6O/c1-13-11-16(19-21(23-13)27(3)14(2)24-19)20-25-18(9-6-10-29)26-28(20)12-15-7-4-5-8-17(15)22/h4-5,7-8,11,29H,6,9-10,12H2,1-3H3. The van der Waals surface area contributed by atoms with E-state index in [1.54, 1.807) is 22.9 Å². The molecule has 0 amide bonds. The molecule has 0 unspecified atom stereocenters. The molecule has 7 nitrogen and oxygen atoms in total. The van der Waals surface area contributed by atoms with E-state index in [0.29, 0.717) is 30.1 Å². The van der Waals surface area contributed by atoms with Gasteiger partial charge in [-0.1, -0.05) is 18.2 Å². The van der Waals surface area contributed by atoms with E-state index in [4.69, 9.17) is 4.98 Å². The first-order valence-electron chi connectivity index (χ1n) is 9.57. The summed E-state index contributed by atoms with van der Waals surface area (Å²) in [7, 11) is 1.93. The molecule has 0 aliphatic carbocycles. The van der Waals surface area contributed by atoms with Gasteiger partial charge >= 0.3 is 0 Å². The molecule has 0 atom stereocenters. The monoisotopic (exact) mass is 394 g/mol. The third-order valence-corrected chi connectivity index (χ3v) is 4.97. The highest BCUT2D eigenvalue weighted by atomic mass is 19.1. The lowest BCUT2D eigenvalue weighted by Gasteiger charge is -2.08. The quantitative estimate of drug-likeness (QED) is 0.544. The molecule has 0 radical (unpaired) electrons. The lowest BCUT2D eigenvalue weighted by molar-refractivity contribution is 0.287. The van der Waals surface area contributed by atoms with Crippen LogP contribution in [0.3, 0.4) is 0 Å². The van der Waals surface area contributed by atoms with Gasteiger partial charge in [0.25, 0.3) is 0 Å². The number of benzene rings is 1. The first-order chi connectivity index (χ1) is 14.0. The molecular formula is C21H23FN6O. The number of pyridine rings is 1. The number of hydrogen-bond acceptors (Lipinski definition) is 5. The Bertz CT molecular complexity index is 1180. The largest absolute Gasteiger partial charge is 0.396 e. The molecule has 4 rings (SSSR count). The van der Waals surface area contributed by atoms with E-state index in [1.165, 1.54) is 6.07 Å². The zero-order valence-corrected chi connectivity index (χ0v) is 16.7. The molecule has 0 saturated carbocycles. The zero-order chi connectivity index (χ0) is 20.5.